The Morgan fingerprint density at radius 2 is 1.78 bits per heavy atom. The number of carbonyl (C=O) groups is 1. The molecule has 0 radical (unpaired) electrons. The van der Waals surface area contributed by atoms with Gasteiger partial charge in [0.15, 0.2) is 15.0 Å². The summed E-state index contributed by atoms with van der Waals surface area (Å²) in [6, 6.07) is 11.0. The number of nitrogens with one attached hydrogen (secondary N) is 1. The van der Waals surface area contributed by atoms with Gasteiger partial charge in [-0.25, -0.2) is 21.8 Å². The van der Waals surface area contributed by atoms with Crippen molar-refractivity contribution in [3.8, 4) is 0 Å². The van der Waals surface area contributed by atoms with E-state index in [2.05, 4.69) is 26.2 Å². The Hall–Kier alpha value is -1.86. The molecule has 0 atom stereocenters. The van der Waals surface area contributed by atoms with Crippen LogP contribution >= 0.6 is 27.3 Å². The predicted molar refractivity (Wildman–Crippen MR) is 127 cm³/mol. The number of halogens is 1. The fraction of sp³-hybridized carbons (Fsp3) is 0.300. The van der Waals surface area contributed by atoms with Gasteiger partial charge >= 0.3 is 0 Å². The third-order valence-electron chi connectivity index (χ3n) is 5.28. The molecular weight excluding hydrogens is 538 g/mol. The Morgan fingerprint density at radius 1 is 1.09 bits per heavy atom. The van der Waals surface area contributed by atoms with Crippen LogP contribution in [0.15, 0.2) is 56.7 Å². The summed E-state index contributed by atoms with van der Waals surface area (Å²) < 4.78 is 52.7. The van der Waals surface area contributed by atoms with Crippen LogP contribution in [0, 0.1) is 5.92 Å². The zero-order valence-electron chi connectivity index (χ0n) is 17.0. The van der Waals surface area contributed by atoms with Crippen LogP contribution in [0.2, 0.25) is 0 Å². The lowest BCUT2D eigenvalue weighted by molar-refractivity contribution is -0.120. The highest BCUT2D eigenvalue weighted by atomic mass is 79.9. The lowest BCUT2D eigenvalue weighted by atomic mass is 9.97. The lowest BCUT2D eigenvalue weighted by Crippen LogP contribution is -2.41. The van der Waals surface area contributed by atoms with Gasteiger partial charge in [0.2, 0.25) is 15.9 Å². The first-order valence-electron chi connectivity index (χ1n) is 9.71. The highest BCUT2D eigenvalue weighted by Gasteiger charge is 2.32. The van der Waals surface area contributed by atoms with E-state index in [1.807, 2.05) is 18.2 Å². The summed E-state index contributed by atoms with van der Waals surface area (Å²) >= 11 is 4.80. The maximum atomic E-state index is 13.0. The number of sulfone groups is 1. The molecule has 32 heavy (non-hydrogen) atoms. The highest BCUT2D eigenvalue weighted by molar-refractivity contribution is 9.10. The van der Waals surface area contributed by atoms with Crippen LogP contribution in [-0.4, -0.2) is 51.4 Å². The molecule has 2 heterocycles. The van der Waals surface area contributed by atoms with E-state index in [4.69, 9.17) is 0 Å². The van der Waals surface area contributed by atoms with E-state index in [1.54, 1.807) is 0 Å². The molecule has 0 spiro atoms. The van der Waals surface area contributed by atoms with Gasteiger partial charge in [0.25, 0.3) is 0 Å². The molecule has 4 rings (SSSR count). The number of fused-ring (bicyclic) bond motifs is 1. The number of anilines is 1. The van der Waals surface area contributed by atoms with Crippen LogP contribution in [0.4, 0.5) is 5.13 Å². The number of benzene rings is 2. The van der Waals surface area contributed by atoms with Gasteiger partial charge in [0.05, 0.1) is 20.0 Å². The number of piperidine rings is 1. The quantitative estimate of drug-likeness (QED) is 0.513. The van der Waals surface area contributed by atoms with Gasteiger partial charge < -0.3 is 5.32 Å². The summed E-state index contributed by atoms with van der Waals surface area (Å²) in [6.07, 6.45) is 1.77. The van der Waals surface area contributed by atoms with Crippen LogP contribution in [-0.2, 0) is 24.7 Å². The first-order chi connectivity index (χ1) is 15.0. The number of nitrogens with zero attached hydrogens (tertiary/aromatic N) is 2. The molecule has 1 saturated heterocycles. The maximum Gasteiger partial charge on any atom is 0.243 e. The molecular formula is C20H20BrN3O5S3. The summed E-state index contributed by atoms with van der Waals surface area (Å²) in [4.78, 5) is 17.0. The molecule has 3 aromatic rings. The lowest BCUT2D eigenvalue weighted by Gasteiger charge is -2.30. The molecule has 2 aromatic carbocycles. The highest BCUT2D eigenvalue weighted by Crippen LogP contribution is 2.30. The topological polar surface area (TPSA) is 114 Å². The Kier molecular flexibility index (Phi) is 6.43. The number of sulfonamides is 1. The van der Waals surface area contributed by atoms with Crippen molar-refractivity contribution in [3.05, 3.63) is 46.9 Å². The van der Waals surface area contributed by atoms with Crippen LogP contribution < -0.4 is 5.32 Å². The van der Waals surface area contributed by atoms with Crippen molar-refractivity contribution in [2.45, 2.75) is 22.6 Å². The zero-order valence-corrected chi connectivity index (χ0v) is 21.0. The second-order valence-corrected chi connectivity index (χ2v) is 13.4. The molecule has 170 valence electrons. The molecule has 12 heteroatoms. The van der Waals surface area contributed by atoms with Crippen molar-refractivity contribution in [3.63, 3.8) is 0 Å². The number of hydrogen-bond donors (Lipinski definition) is 1. The van der Waals surface area contributed by atoms with Crippen LogP contribution in [0.3, 0.4) is 0 Å². The second kappa shape index (κ2) is 8.82. The molecule has 0 aliphatic carbocycles. The molecule has 0 unspecified atom stereocenters. The van der Waals surface area contributed by atoms with Crippen LogP contribution in [0.5, 0.6) is 0 Å². The summed E-state index contributed by atoms with van der Waals surface area (Å²) in [5.41, 5.74) is 0.797. The first kappa shape index (κ1) is 23.3. The third-order valence-corrected chi connectivity index (χ3v) is 9.71. The van der Waals surface area contributed by atoms with Crippen molar-refractivity contribution >= 4 is 68.4 Å². The Morgan fingerprint density at radius 3 is 2.47 bits per heavy atom. The Labute approximate surface area is 198 Å². The van der Waals surface area contributed by atoms with Gasteiger partial charge in [-0.1, -0.05) is 33.3 Å². The largest absolute Gasteiger partial charge is 0.302 e. The Balaban J connectivity index is 1.42. The summed E-state index contributed by atoms with van der Waals surface area (Å²) in [5.74, 6) is -0.512. The first-order valence-corrected chi connectivity index (χ1v) is 14.7. The maximum absolute atomic E-state index is 13.0. The van der Waals surface area contributed by atoms with Crippen molar-refractivity contribution in [1.82, 2.24) is 9.29 Å². The summed E-state index contributed by atoms with van der Waals surface area (Å²) in [6.45, 7) is 0.354. The van der Waals surface area contributed by atoms with E-state index >= 15 is 0 Å². The minimum atomic E-state index is -3.85. The van der Waals surface area contributed by atoms with E-state index in [-0.39, 0.29) is 34.7 Å². The zero-order chi connectivity index (χ0) is 23.1. The average Bonchev–Trinajstić information content (AvgIpc) is 3.14. The monoisotopic (exact) mass is 557 g/mol. The minimum absolute atomic E-state index is 0.0456. The van der Waals surface area contributed by atoms with Gasteiger partial charge in [-0.05, 0) is 49.2 Å². The normalized spacial score (nSPS) is 16.3. The second-order valence-electron chi connectivity index (χ2n) is 7.55. The molecule has 0 bridgehead atoms. The minimum Gasteiger partial charge on any atom is -0.302 e. The van der Waals surface area contributed by atoms with E-state index < -0.39 is 19.9 Å². The molecule has 0 saturated carbocycles. The average molecular weight is 559 g/mol. The predicted octanol–water partition coefficient (Wildman–Crippen LogP) is 3.50. The van der Waals surface area contributed by atoms with E-state index in [0.29, 0.717) is 18.0 Å². The SMILES string of the molecule is CS(=O)(=O)c1cccc(S(=O)(=O)N2CCC(C(=O)Nc3nc4ccc(Br)cc4s3)CC2)c1. The standard InChI is InChI=1S/C20H20BrN3O5S3/c1-31(26,27)15-3-2-4-16(12-15)32(28,29)24-9-7-13(8-10-24)19(25)23-20-22-17-6-5-14(21)11-18(17)30-20/h2-6,11-13H,7-10H2,1H3,(H,22,23,25). The molecule has 1 amide bonds. The van der Waals surface area contributed by atoms with Gasteiger partial charge in [0.1, 0.15) is 0 Å². The summed E-state index contributed by atoms with van der Waals surface area (Å²) in [5, 5.41) is 3.36. The van der Waals surface area contributed by atoms with E-state index in [1.165, 1.54) is 39.9 Å². The number of carbonyl (C=O) groups excluding carboxylic acids is 1. The number of thiazole rings is 1. The van der Waals surface area contributed by atoms with Gasteiger partial charge in [0, 0.05) is 29.7 Å². The third kappa shape index (κ3) is 4.88. The molecule has 1 aliphatic rings. The van der Waals surface area contributed by atoms with Crippen molar-refractivity contribution in [2.24, 2.45) is 5.92 Å². The summed E-state index contributed by atoms with van der Waals surface area (Å²) in [7, 11) is -7.37. The fourth-order valence-corrected chi connectivity index (χ4v) is 7.21. The van der Waals surface area contributed by atoms with Crippen molar-refractivity contribution < 1.29 is 21.6 Å². The van der Waals surface area contributed by atoms with Crippen molar-refractivity contribution in [2.75, 3.05) is 24.7 Å². The number of rotatable bonds is 5. The molecule has 1 fully saturated rings. The molecule has 1 aromatic heterocycles. The molecule has 8 nitrogen and oxygen atoms in total. The van der Waals surface area contributed by atoms with Gasteiger partial charge in [-0.15, -0.1) is 0 Å². The fourth-order valence-electron chi connectivity index (χ4n) is 3.53. The van der Waals surface area contributed by atoms with Crippen molar-refractivity contribution in [1.29, 1.82) is 0 Å². The number of hydrogen-bond acceptors (Lipinski definition) is 7. The smallest absolute Gasteiger partial charge is 0.243 e. The van der Waals surface area contributed by atoms with Crippen LogP contribution in [0.25, 0.3) is 10.2 Å². The van der Waals surface area contributed by atoms with Crippen LogP contribution in [0.1, 0.15) is 12.8 Å². The molecule has 1 aliphatic heterocycles. The number of aromatic nitrogens is 1. The number of amides is 1. The Bertz CT molecular complexity index is 1390. The van der Waals surface area contributed by atoms with Gasteiger partial charge in [-0.2, -0.15) is 4.31 Å². The van der Waals surface area contributed by atoms with E-state index in [9.17, 15) is 21.6 Å². The molecule has 1 N–H and O–H groups in total. The van der Waals surface area contributed by atoms with E-state index in [0.717, 1.165) is 20.9 Å². The van der Waals surface area contributed by atoms with Gasteiger partial charge in [-0.3, -0.25) is 4.79 Å².